The molecule has 0 aliphatic heterocycles. The molecule has 0 unspecified atom stereocenters. The first-order chi connectivity index (χ1) is 14.0. The molecule has 1 aromatic heterocycles. The Morgan fingerprint density at radius 2 is 1.83 bits per heavy atom. The van der Waals surface area contributed by atoms with E-state index in [4.69, 9.17) is 0 Å². The van der Waals surface area contributed by atoms with Gasteiger partial charge >= 0.3 is 0 Å². The molecule has 2 aromatic rings. The van der Waals surface area contributed by atoms with Gasteiger partial charge in [0.15, 0.2) is 0 Å². The van der Waals surface area contributed by atoms with Crippen molar-refractivity contribution >= 4 is 28.3 Å². The smallest absolute Gasteiger partial charge is 0.249 e. The van der Waals surface area contributed by atoms with Gasteiger partial charge in [0.05, 0.1) is 5.56 Å². The number of nitrogens with zero attached hydrogens (tertiary/aromatic N) is 1. The Balaban J connectivity index is 1.72. The number of nitriles is 1. The van der Waals surface area contributed by atoms with Crippen LogP contribution in [0.5, 0.6) is 0 Å². The zero-order chi connectivity index (χ0) is 22.1. The van der Waals surface area contributed by atoms with E-state index in [1.54, 1.807) is 17.4 Å². The second-order valence-corrected chi connectivity index (χ2v) is 11.4. The fourth-order valence-electron chi connectivity index (χ4n) is 3.95. The molecule has 0 bridgehead atoms. The number of carbonyl (C=O) groups excluding carboxylic acids is 1. The average molecular weight is 421 g/mol. The van der Waals surface area contributed by atoms with Crippen LogP contribution in [0.4, 0.5) is 5.00 Å². The Hall–Kier alpha value is -2.38. The van der Waals surface area contributed by atoms with Crippen molar-refractivity contribution in [2.24, 2.45) is 11.3 Å². The van der Waals surface area contributed by atoms with Gasteiger partial charge in [-0.05, 0) is 58.8 Å². The number of hydrogen-bond donors (Lipinski definition) is 1. The minimum Gasteiger partial charge on any atom is -0.313 e. The third kappa shape index (κ3) is 5.02. The first-order valence-corrected chi connectivity index (χ1v) is 11.4. The number of rotatable bonds is 3. The lowest BCUT2D eigenvalue weighted by Crippen LogP contribution is -2.26. The van der Waals surface area contributed by atoms with E-state index in [2.05, 4.69) is 65.1 Å². The highest BCUT2D eigenvalue weighted by Crippen LogP contribution is 2.44. The van der Waals surface area contributed by atoms with E-state index in [1.807, 2.05) is 18.2 Å². The normalized spacial score (nSPS) is 16.9. The van der Waals surface area contributed by atoms with Gasteiger partial charge in [-0.15, -0.1) is 11.3 Å². The molecule has 0 saturated heterocycles. The fourth-order valence-corrected chi connectivity index (χ4v) is 5.23. The lowest BCUT2D eigenvalue weighted by molar-refractivity contribution is -0.111. The van der Waals surface area contributed by atoms with Crippen molar-refractivity contribution in [2.75, 3.05) is 5.32 Å². The Morgan fingerprint density at radius 3 is 2.40 bits per heavy atom. The molecule has 1 atom stereocenters. The summed E-state index contributed by atoms with van der Waals surface area (Å²) in [5.74, 6) is 0.409. The molecule has 30 heavy (non-hydrogen) atoms. The maximum Gasteiger partial charge on any atom is 0.249 e. The molecule has 1 N–H and O–H groups in total. The third-order valence-electron chi connectivity index (χ3n) is 6.04. The highest BCUT2D eigenvalue weighted by atomic mass is 32.1. The number of hydrogen-bond acceptors (Lipinski definition) is 3. The molecule has 0 radical (unpaired) electrons. The number of thiophene rings is 1. The minimum atomic E-state index is -0.197. The number of carbonyl (C=O) groups is 1. The quantitative estimate of drug-likeness (QED) is 0.560. The number of anilines is 1. The van der Waals surface area contributed by atoms with Gasteiger partial charge in [0.1, 0.15) is 11.1 Å². The molecule has 1 heterocycles. The van der Waals surface area contributed by atoms with Gasteiger partial charge in [-0.2, -0.15) is 5.26 Å². The van der Waals surface area contributed by atoms with Crippen LogP contribution in [-0.4, -0.2) is 5.91 Å². The summed E-state index contributed by atoms with van der Waals surface area (Å²) in [6.07, 6.45) is 6.37. The maximum absolute atomic E-state index is 12.5. The Morgan fingerprint density at radius 1 is 1.17 bits per heavy atom. The van der Waals surface area contributed by atoms with Crippen molar-refractivity contribution in [1.29, 1.82) is 5.26 Å². The Kier molecular flexibility index (Phi) is 6.24. The molecular formula is C26H32N2OS. The summed E-state index contributed by atoms with van der Waals surface area (Å²) in [6, 6.07) is 10.6. The van der Waals surface area contributed by atoms with Crippen molar-refractivity contribution in [3.63, 3.8) is 0 Å². The molecule has 0 spiro atoms. The summed E-state index contributed by atoms with van der Waals surface area (Å²) in [6.45, 7) is 13.4. The molecular weight excluding hydrogens is 388 g/mol. The zero-order valence-corrected chi connectivity index (χ0v) is 19.7. The first-order valence-electron chi connectivity index (χ1n) is 10.6. The first kappa shape index (κ1) is 22.3. The third-order valence-corrected chi connectivity index (χ3v) is 7.21. The minimum absolute atomic E-state index is 0.109. The lowest BCUT2D eigenvalue weighted by atomic mass is 9.72. The fraction of sp³-hybridized carbons (Fsp3) is 0.462. The van der Waals surface area contributed by atoms with E-state index in [0.717, 1.165) is 30.4 Å². The van der Waals surface area contributed by atoms with Gasteiger partial charge in [0.25, 0.3) is 0 Å². The van der Waals surface area contributed by atoms with Crippen LogP contribution in [0, 0.1) is 22.7 Å². The summed E-state index contributed by atoms with van der Waals surface area (Å²) < 4.78 is 0. The molecule has 1 aromatic carbocycles. The molecule has 0 fully saturated rings. The van der Waals surface area contributed by atoms with E-state index >= 15 is 0 Å². The van der Waals surface area contributed by atoms with Crippen molar-refractivity contribution in [3.8, 4) is 6.07 Å². The van der Waals surface area contributed by atoms with Crippen LogP contribution in [-0.2, 0) is 23.1 Å². The highest BCUT2D eigenvalue weighted by Gasteiger charge is 2.32. The van der Waals surface area contributed by atoms with Gasteiger partial charge in [0.2, 0.25) is 5.91 Å². The lowest BCUT2D eigenvalue weighted by Gasteiger charge is -2.33. The van der Waals surface area contributed by atoms with Crippen LogP contribution in [0.2, 0.25) is 0 Å². The number of amides is 1. The molecule has 4 heteroatoms. The number of nitrogens with one attached hydrogen (secondary N) is 1. The number of fused-ring (bicyclic) bond motifs is 1. The molecule has 158 valence electrons. The van der Waals surface area contributed by atoms with Crippen LogP contribution in [0.15, 0.2) is 30.3 Å². The molecule has 1 aliphatic rings. The Labute approximate surface area is 184 Å². The van der Waals surface area contributed by atoms with Crippen molar-refractivity contribution < 1.29 is 4.79 Å². The van der Waals surface area contributed by atoms with E-state index in [1.165, 1.54) is 10.4 Å². The monoisotopic (exact) mass is 420 g/mol. The SMILES string of the molecule is CC(C)(C)c1ccc(/C=C/C(=O)Nc2sc3c(c2C#N)CC[C@H](C(C)(C)C)C3)cc1. The van der Waals surface area contributed by atoms with Gasteiger partial charge < -0.3 is 5.32 Å². The summed E-state index contributed by atoms with van der Waals surface area (Å²) in [4.78, 5) is 13.8. The van der Waals surface area contributed by atoms with Crippen LogP contribution >= 0.6 is 11.3 Å². The molecule has 0 saturated carbocycles. The molecule has 3 rings (SSSR count). The Bertz CT molecular complexity index is 992. The standard InChI is InChI=1S/C26H32N2OS/c1-25(2,3)18-10-7-17(8-11-18)9-14-23(29)28-24-21(16-27)20-13-12-19(26(4,5)6)15-22(20)30-24/h7-11,14,19H,12-13,15H2,1-6H3,(H,28,29)/b14-9+/t19-/m0/s1. The topological polar surface area (TPSA) is 52.9 Å². The summed E-state index contributed by atoms with van der Waals surface area (Å²) in [7, 11) is 0. The zero-order valence-electron chi connectivity index (χ0n) is 18.9. The van der Waals surface area contributed by atoms with Gasteiger partial charge in [0, 0.05) is 11.0 Å². The molecule has 1 amide bonds. The average Bonchev–Trinajstić information content (AvgIpc) is 3.01. The van der Waals surface area contributed by atoms with E-state index in [9.17, 15) is 10.1 Å². The maximum atomic E-state index is 12.5. The van der Waals surface area contributed by atoms with Crippen molar-refractivity contribution in [2.45, 2.75) is 66.2 Å². The number of benzene rings is 1. The second kappa shape index (κ2) is 8.40. The van der Waals surface area contributed by atoms with Crippen molar-refractivity contribution in [3.05, 3.63) is 57.5 Å². The van der Waals surface area contributed by atoms with Gasteiger partial charge in [-0.1, -0.05) is 65.8 Å². The summed E-state index contributed by atoms with van der Waals surface area (Å²) in [5.41, 5.74) is 4.40. The highest BCUT2D eigenvalue weighted by molar-refractivity contribution is 7.16. The van der Waals surface area contributed by atoms with E-state index in [0.29, 0.717) is 16.5 Å². The van der Waals surface area contributed by atoms with Crippen LogP contribution in [0.1, 0.15) is 75.1 Å². The van der Waals surface area contributed by atoms with Crippen LogP contribution in [0.25, 0.3) is 6.08 Å². The van der Waals surface area contributed by atoms with E-state index in [-0.39, 0.29) is 16.7 Å². The predicted molar refractivity (Wildman–Crippen MR) is 127 cm³/mol. The predicted octanol–water partition coefficient (Wildman–Crippen LogP) is 6.72. The van der Waals surface area contributed by atoms with E-state index < -0.39 is 0 Å². The largest absolute Gasteiger partial charge is 0.313 e. The van der Waals surface area contributed by atoms with Crippen LogP contribution in [0.3, 0.4) is 0 Å². The van der Waals surface area contributed by atoms with Gasteiger partial charge in [-0.3, -0.25) is 4.79 Å². The molecule has 3 nitrogen and oxygen atoms in total. The molecule has 1 aliphatic carbocycles. The van der Waals surface area contributed by atoms with Gasteiger partial charge in [-0.25, -0.2) is 0 Å². The summed E-state index contributed by atoms with van der Waals surface area (Å²) in [5, 5.41) is 13.3. The van der Waals surface area contributed by atoms with Crippen LogP contribution < -0.4 is 5.32 Å². The second-order valence-electron chi connectivity index (χ2n) is 10.3. The summed E-state index contributed by atoms with van der Waals surface area (Å²) >= 11 is 1.57. The van der Waals surface area contributed by atoms with Crippen molar-refractivity contribution in [1.82, 2.24) is 0 Å².